The van der Waals surface area contributed by atoms with E-state index in [0.29, 0.717) is 37.5 Å². The van der Waals surface area contributed by atoms with Gasteiger partial charge in [-0.2, -0.15) is 0 Å². The highest BCUT2D eigenvalue weighted by Gasteiger charge is 2.37. The maximum atomic E-state index is 13.3. The third-order valence-corrected chi connectivity index (χ3v) is 5.65. The normalized spacial score (nSPS) is 18.1. The number of nitrogens with one attached hydrogen (secondary N) is 1. The lowest BCUT2D eigenvalue weighted by atomic mass is 10.0. The molecule has 0 aromatic heterocycles. The summed E-state index contributed by atoms with van der Waals surface area (Å²) in [5.74, 6) is -2.18. The molecule has 2 rings (SSSR count). The van der Waals surface area contributed by atoms with Gasteiger partial charge in [0.2, 0.25) is 0 Å². The standard InChI is InChI=1S/C23H35F2N3O/c1-6-17(3)14-27(5)15-21-18(4)8-9-20(19(21)7-2)22(29)26-11-13-28-12-10-23(24,25)16-28/h8-9,15,17H,4,6-7,10-14,16H2,1-3,5H3,(H,26,29)/b21-15+. The summed E-state index contributed by atoms with van der Waals surface area (Å²) in [5, 5.41) is 4.78. The molecule has 1 fully saturated rings. The van der Waals surface area contributed by atoms with Crippen LogP contribution >= 0.6 is 0 Å². The number of carbonyl (C=O) groups excluding carboxylic acids is 1. The molecular weight excluding hydrogens is 372 g/mol. The lowest BCUT2D eigenvalue weighted by Gasteiger charge is -2.19. The summed E-state index contributed by atoms with van der Waals surface area (Å²) in [7, 11) is 2.05. The molecule has 1 amide bonds. The second kappa shape index (κ2) is 10.2. The van der Waals surface area contributed by atoms with Crippen molar-refractivity contribution in [2.75, 3.05) is 39.8 Å². The quantitative estimate of drug-likeness (QED) is 0.683. The van der Waals surface area contributed by atoms with Crippen LogP contribution in [0.15, 0.2) is 12.1 Å². The van der Waals surface area contributed by atoms with Gasteiger partial charge in [-0.3, -0.25) is 9.69 Å². The predicted octanol–water partition coefficient (Wildman–Crippen LogP) is 2.45. The van der Waals surface area contributed by atoms with E-state index in [9.17, 15) is 13.6 Å². The Morgan fingerprint density at radius 2 is 2.14 bits per heavy atom. The molecule has 1 aliphatic heterocycles. The van der Waals surface area contributed by atoms with Gasteiger partial charge in [0.25, 0.3) is 11.8 Å². The topological polar surface area (TPSA) is 35.6 Å². The van der Waals surface area contributed by atoms with Gasteiger partial charge in [-0.1, -0.05) is 39.8 Å². The largest absolute Gasteiger partial charge is 0.380 e. The second-order valence-corrected chi connectivity index (χ2v) is 8.24. The number of alkyl halides is 2. The first-order valence-electron chi connectivity index (χ1n) is 10.6. The van der Waals surface area contributed by atoms with Gasteiger partial charge in [0.15, 0.2) is 0 Å². The van der Waals surface area contributed by atoms with E-state index in [4.69, 9.17) is 0 Å². The molecule has 0 spiro atoms. The molecule has 0 saturated carbocycles. The molecule has 1 saturated heterocycles. The zero-order valence-corrected chi connectivity index (χ0v) is 18.2. The molecule has 29 heavy (non-hydrogen) atoms. The fourth-order valence-corrected chi connectivity index (χ4v) is 3.78. The van der Waals surface area contributed by atoms with E-state index in [1.165, 1.54) is 0 Å². The lowest BCUT2D eigenvalue weighted by molar-refractivity contribution is 0.0124. The minimum Gasteiger partial charge on any atom is -0.380 e. The Bertz CT molecular complexity index is 809. The molecule has 1 aromatic rings. The number of halogens is 2. The highest BCUT2D eigenvalue weighted by Crippen LogP contribution is 2.26. The molecule has 1 aliphatic rings. The summed E-state index contributed by atoms with van der Waals surface area (Å²) in [6.07, 6.45) is 3.81. The average Bonchev–Trinajstić information content (AvgIpc) is 3.01. The summed E-state index contributed by atoms with van der Waals surface area (Å²) < 4.78 is 26.6. The fourth-order valence-electron chi connectivity index (χ4n) is 3.78. The summed E-state index contributed by atoms with van der Waals surface area (Å²) >= 11 is 0. The number of benzene rings is 1. The van der Waals surface area contributed by atoms with Crippen LogP contribution in [0.25, 0.3) is 12.8 Å². The number of carbonyl (C=O) groups is 1. The first-order valence-corrected chi connectivity index (χ1v) is 10.6. The molecule has 1 unspecified atom stereocenters. The number of hydrogen-bond acceptors (Lipinski definition) is 3. The molecule has 1 aromatic carbocycles. The van der Waals surface area contributed by atoms with Gasteiger partial charge in [0.1, 0.15) is 0 Å². The monoisotopic (exact) mass is 407 g/mol. The minimum atomic E-state index is -2.60. The van der Waals surface area contributed by atoms with Crippen LogP contribution in [0.2, 0.25) is 0 Å². The minimum absolute atomic E-state index is 0.102. The van der Waals surface area contributed by atoms with Gasteiger partial charge in [-0.15, -0.1) is 0 Å². The predicted molar refractivity (Wildman–Crippen MR) is 115 cm³/mol. The molecule has 0 bridgehead atoms. The van der Waals surface area contributed by atoms with Crippen molar-refractivity contribution in [3.8, 4) is 0 Å². The molecule has 1 atom stereocenters. The van der Waals surface area contributed by atoms with Crippen LogP contribution in [0.1, 0.15) is 49.5 Å². The van der Waals surface area contributed by atoms with E-state index in [2.05, 4.69) is 36.8 Å². The number of rotatable bonds is 9. The zero-order chi connectivity index (χ0) is 21.6. The van der Waals surface area contributed by atoms with Gasteiger partial charge < -0.3 is 10.2 Å². The molecule has 6 heteroatoms. The first-order chi connectivity index (χ1) is 13.7. The Hall–Kier alpha value is -1.95. The van der Waals surface area contributed by atoms with E-state index in [1.54, 1.807) is 4.90 Å². The highest BCUT2D eigenvalue weighted by molar-refractivity contribution is 5.95. The fraction of sp³-hybridized carbons (Fsp3) is 0.609. The Morgan fingerprint density at radius 1 is 1.41 bits per heavy atom. The maximum Gasteiger partial charge on any atom is 0.261 e. The van der Waals surface area contributed by atoms with Crippen molar-refractivity contribution in [3.63, 3.8) is 0 Å². The Morgan fingerprint density at radius 3 is 2.72 bits per heavy atom. The highest BCUT2D eigenvalue weighted by atomic mass is 19.3. The Balaban J connectivity index is 2.12. The van der Waals surface area contributed by atoms with E-state index < -0.39 is 5.92 Å². The van der Waals surface area contributed by atoms with Crippen LogP contribution in [0.3, 0.4) is 0 Å². The number of nitrogens with zero attached hydrogens (tertiary/aromatic N) is 2. The van der Waals surface area contributed by atoms with E-state index >= 15 is 0 Å². The van der Waals surface area contributed by atoms with Crippen molar-refractivity contribution in [2.45, 2.75) is 46.0 Å². The zero-order valence-electron chi connectivity index (χ0n) is 18.2. The molecular formula is C23H35F2N3O. The maximum absolute atomic E-state index is 13.3. The van der Waals surface area contributed by atoms with Crippen LogP contribution in [0, 0.1) is 5.92 Å². The molecule has 4 nitrogen and oxygen atoms in total. The molecule has 0 aliphatic carbocycles. The van der Waals surface area contributed by atoms with Gasteiger partial charge >= 0.3 is 0 Å². The molecule has 162 valence electrons. The van der Waals surface area contributed by atoms with Gasteiger partial charge in [-0.25, -0.2) is 8.78 Å². The van der Waals surface area contributed by atoms with Crippen LogP contribution in [0.5, 0.6) is 0 Å². The molecule has 1 heterocycles. The molecule has 1 N–H and O–H groups in total. The Kier molecular flexibility index (Phi) is 8.20. The lowest BCUT2D eigenvalue weighted by Crippen LogP contribution is -2.38. The number of likely N-dealkylation sites (tertiary alicyclic amines) is 1. The van der Waals surface area contributed by atoms with Crippen LogP contribution in [0.4, 0.5) is 8.78 Å². The van der Waals surface area contributed by atoms with Crippen molar-refractivity contribution >= 4 is 18.7 Å². The van der Waals surface area contributed by atoms with Crippen molar-refractivity contribution in [3.05, 3.63) is 33.7 Å². The van der Waals surface area contributed by atoms with Gasteiger partial charge in [-0.05, 0) is 29.2 Å². The van der Waals surface area contributed by atoms with E-state index in [1.807, 2.05) is 26.1 Å². The van der Waals surface area contributed by atoms with Gasteiger partial charge in [0, 0.05) is 56.6 Å². The smallest absolute Gasteiger partial charge is 0.261 e. The summed E-state index contributed by atoms with van der Waals surface area (Å²) in [6, 6.07) is 3.69. The SMILES string of the molecule is C=c1ccc(C(=O)NCCN2CCC(F)(F)C2)c(CC)/c1=C/N(C)CC(C)CC. The second-order valence-electron chi connectivity index (χ2n) is 8.24. The summed E-state index contributed by atoms with van der Waals surface area (Å²) in [5.41, 5.74) is 1.61. The number of amides is 1. The van der Waals surface area contributed by atoms with Crippen molar-refractivity contribution in [1.82, 2.24) is 15.1 Å². The van der Waals surface area contributed by atoms with Crippen LogP contribution in [-0.2, 0) is 6.42 Å². The van der Waals surface area contributed by atoms with Crippen LogP contribution in [-0.4, -0.2) is 61.4 Å². The third kappa shape index (κ3) is 6.53. The number of hydrogen-bond donors (Lipinski definition) is 1. The van der Waals surface area contributed by atoms with Crippen molar-refractivity contribution in [2.24, 2.45) is 5.92 Å². The van der Waals surface area contributed by atoms with E-state index in [0.717, 1.165) is 29.0 Å². The Labute approximate surface area is 173 Å². The summed E-state index contributed by atoms with van der Waals surface area (Å²) in [6.45, 7) is 12.5. The third-order valence-electron chi connectivity index (χ3n) is 5.65. The summed E-state index contributed by atoms with van der Waals surface area (Å²) in [4.78, 5) is 16.6. The average molecular weight is 408 g/mol. The van der Waals surface area contributed by atoms with Crippen molar-refractivity contribution < 1.29 is 13.6 Å². The van der Waals surface area contributed by atoms with Crippen LogP contribution < -0.4 is 15.8 Å². The first kappa shape index (κ1) is 23.3. The van der Waals surface area contributed by atoms with E-state index in [-0.39, 0.29) is 18.9 Å². The molecule has 0 radical (unpaired) electrons. The van der Waals surface area contributed by atoms with Gasteiger partial charge in [0.05, 0.1) is 6.54 Å². The van der Waals surface area contributed by atoms with Crippen molar-refractivity contribution in [1.29, 1.82) is 0 Å².